The average molecular weight is 206 g/mol. The van der Waals surface area contributed by atoms with Gasteiger partial charge in [-0.3, -0.25) is 9.00 Å². The predicted octanol–water partition coefficient (Wildman–Crippen LogP) is 1.64. The highest BCUT2D eigenvalue weighted by Crippen LogP contribution is 2.09. The maximum Gasteiger partial charge on any atom is 0.319 e. The molecule has 0 bridgehead atoms. The first kappa shape index (κ1) is 12.6. The van der Waals surface area contributed by atoms with Crippen molar-refractivity contribution in [3.05, 3.63) is 0 Å². The molecule has 3 nitrogen and oxygen atoms in total. The van der Waals surface area contributed by atoms with Crippen molar-refractivity contribution >= 4 is 16.8 Å². The Labute approximate surface area is 82.0 Å². The van der Waals surface area contributed by atoms with E-state index in [4.69, 9.17) is 5.11 Å². The number of hydrogen-bond donors (Lipinski definition) is 1. The molecule has 3 unspecified atom stereocenters. The molecule has 0 saturated carbocycles. The zero-order valence-electron chi connectivity index (χ0n) is 8.45. The Hall–Kier alpha value is -0.380. The summed E-state index contributed by atoms with van der Waals surface area (Å²) in [6.07, 6.45) is 1.39. The van der Waals surface area contributed by atoms with Crippen LogP contribution in [0.5, 0.6) is 0 Å². The molecule has 0 fully saturated rings. The lowest BCUT2D eigenvalue weighted by Gasteiger charge is -2.12. The molecule has 0 aliphatic rings. The van der Waals surface area contributed by atoms with Crippen molar-refractivity contribution in [3.8, 4) is 0 Å². The first-order valence-electron chi connectivity index (χ1n) is 4.62. The van der Waals surface area contributed by atoms with Crippen molar-refractivity contribution in [2.24, 2.45) is 5.92 Å². The molecule has 3 atom stereocenters. The maximum atomic E-state index is 11.5. The Morgan fingerprint density at radius 2 is 1.92 bits per heavy atom. The summed E-state index contributed by atoms with van der Waals surface area (Å²) in [5, 5.41) is 8.05. The number of hydrogen-bond acceptors (Lipinski definition) is 2. The van der Waals surface area contributed by atoms with Gasteiger partial charge >= 0.3 is 5.97 Å². The molecule has 0 rings (SSSR count). The summed E-state index contributed by atoms with van der Waals surface area (Å²) in [7, 11) is -1.22. The highest BCUT2D eigenvalue weighted by atomic mass is 32.2. The minimum atomic E-state index is -1.22. The van der Waals surface area contributed by atoms with Gasteiger partial charge in [-0.1, -0.05) is 27.2 Å². The average Bonchev–Trinajstić information content (AvgIpc) is 2.04. The van der Waals surface area contributed by atoms with Gasteiger partial charge in [-0.25, -0.2) is 0 Å². The van der Waals surface area contributed by atoms with Crippen molar-refractivity contribution in [2.75, 3.05) is 5.75 Å². The van der Waals surface area contributed by atoms with Crippen LogP contribution >= 0.6 is 0 Å². The smallest absolute Gasteiger partial charge is 0.319 e. The van der Waals surface area contributed by atoms with Crippen LogP contribution in [0.2, 0.25) is 0 Å². The molecule has 0 spiro atoms. The van der Waals surface area contributed by atoms with E-state index in [1.54, 1.807) is 6.92 Å². The maximum absolute atomic E-state index is 11.5. The van der Waals surface area contributed by atoms with Gasteiger partial charge in [0, 0.05) is 16.6 Å². The third-order valence-corrected chi connectivity index (χ3v) is 4.18. The summed E-state index contributed by atoms with van der Waals surface area (Å²) >= 11 is 0. The van der Waals surface area contributed by atoms with Crippen LogP contribution in [-0.4, -0.2) is 26.3 Å². The van der Waals surface area contributed by atoms with E-state index in [1.165, 1.54) is 0 Å². The van der Waals surface area contributed by atoms with E-state index < -0.39 is 22.0 Å². The highest BCUT2D eigenvalue weighted by molar-refractivity contribution is 7.86. The molecule has 0 radical (unpaired) electrons. The quantitative estimate of drug-likeness (QED) is 0.719. The SMILES string of the molecule is CCC(C)CS(=O)C(CC)C(=O)O. The van der Waals surface area contributed by atoms with Crippen molar-refractivity contribution < 1.29 is 14.1 Å². The zero-order chi connectivity index (χ0) is 10.4. The minimum Gasteiger partial charge on any atom is -0.480 e. The molecule has 78 valence electrons. The predicted molar refractivity (Wildman–Crippen MR) is 54.2 cm³/mol. The second-order valence-electron chi connectivity index (χ2n) is 3.30. The molecule has 1 N–H and O–H groups in total. The summed E-state index contributed by atoms with van der Waals surface area (Å²) in [6, 6.07) is 0. The number of carboxylic acid groups (broad SMARTS) is 1. The molecule has 13 heavy (non-hydrogen) atoms. The van der Waals surface area contributed by atoms with Gasteiger partial charge in [0.1, 0.15) is 5.25 Å². The molecule has 0 aromatic rings. The fourth-order valence-electron chi connectivity index (χ4n) is 0.987. The molecule has 0 aromatic heterocycles. The number of carboxylic acids is 1. The van der Waals surface area contributed by atoms with Gasteiger partial charge in [0.2, 0.25) is 0 Å². The van der Waals surface area contributed by atoms with Gasteiger partial charge in [-0.15, -0.1) is 0 Å². The molecule has 0 saturated heterocycles. The summed E-state index contributed by atoms with van der Waals surface area (Å²) in [4.78, 5) is 10.6. The monoisotopic (exact) mass is 206 g/mol. The van der Waals surface area contributed by atoms with Gasteiger partial charge in [-0.2, -0.15) is 0 Å². The van der Waals surface area contributed by atoms with Crippen LogP contribution in [0.1, 0.15) is 33.6 Å². The van der Waals surface area contributed by atoms with Crippen molar-refractivity contribution in [3.63, 3.8) is 0 Å². The second-order valence-corrected chi connectivity index (χ2v) is 4.96. The lowest BCUT2D eigenvalue weighted by atomic mass is 10.2. The summed E-state index contributed by atoms with van der Waals surface area (Å²) in [5.41, 5.74) is 0. The topological polar surface area (TPSA) is 54.4 Å². The third-order valence-electron chi connectivity index (χ3n) is 2.11. The zero-order valence-corrected chi connectivity index (χ0v) is 9.26. The molecule has 0 heterocycles. The van der Waals surface area contributed by atoms with Crippen LogP contribution in [0.3, 0.4) is 0 Å². The van der Waals surface area contributed by atoms with Gasteiger partial charge < -0.3 is 5.11 Å². The highest BCUT2D eigenvalue weighted by Gasteiger charge is 2.23. The van der Waals surface area contributed by atoms with Gasteiger partial charge in [0.15, 0.2) is 0 Å². The van der Waals surface area contributed by atoms with E-state index in [1.807, 2.05) is 13.8 Å². The largest absolute Gasteiger partial charge is 0.480 e. The van der Waals surface area contributed by atoms with Gasteiger partial charge in [0.25, 0.3) is 0 Å². The molecule has 4 heteroatoms. The Bertz CT molecular complexity index is 191. The van der Waals surface area contributed by atoms with E-state index in [0.717, 1.165) is 6.42 Å². The third kappa shape index (κ3) is 4.41. The van der Waals surface area contributed by atoms with Gasteiger partial charge in [-0.05, 0) is 12.3 Å². The first-order valence-corrected chi connectivity index (χ1v) is 6.01. The minimum absolute atomic E-state index is 0.342. The van der Waals surface area contributed by atoms with Crippen LogP contribution in [0.25, 0.3) is 0 Å². The Balaban J connectivity index is 4.14. The van der Waals surface area contributed by atoms with Crippen molar-refractivity contribution in [1.82, 2.24) is 0 Å². The van der Waals surface area contributed by atoms with Crippen molar-refractivity contribution in [2.45, 2.75) is 38.9 Å². The van der Waals surface area contributed by atoms with E-state index in [-0.39, 0.29) is 0 Å². The Morgan fingerprint density at radius 3 is 2.23 bits per heavy atom. The van der Waals surface area contributed by atoms with E-state index in [0.29, 0.717) is 18.1 Å². The second kappa shape index (κ2) is 6.13. The lowest BCUT2D eigenvalue weighted by Crippen LogP contribution is -2.28. The molecule has 0 aromatic carbocycles. The molecular formula is C9H18O3S. The van der Waals surface area contributed by atoms with E-state index in [2.05, 4.69) is 0 Å². The Kier molecular flexibility index (Phi) is 5.95. The molecular weight excluding hydrogens is 188 g/mol. The van der Waals surface area contributed by atoms with Crippen LogP contribution < -0.4 is 0 Å². The molecule has 0 amide bonds. The fourth-order valence-corrected chi connectivity index (χ4v) is 2.61. The number of aliphatic carboxylic acids is 1. The fraction of sp³-hybridized carbons (Fsp3) is 0.889. The molecule has 0 aliphatic carbocycles. The van der Waals surface area contributed by atoms with Crippen LogP contribution in [-0.2, 0) is 15.6 Å². The van der Waals surface area contributed by atoms with Crippen LogP contribution in [0.4, 0.5) is 0 Å². The lowest BCUT2D eigenvalue weighted by molar-refractivity contribution is -0.136. The summed E-state index contributed by atoms with van der Waals surface area (Å²) in [5.74, 6) is -0.0974. The molecule has 0 aliphatic heterocycles. The summed E-state index contributed by atoms with van der Waals surface area (Å²) < 4.78 is 11.5. The van der Waals surface area contributed by atoms with E-state index in [9.17, 15) is 9.00 Å². The summed E-state index contributed by atoms with van der Waals surface area (Å²) in [6.45, 7) is 5.77. The number of rotatable bonds is 6. The number of carbonyl (C=O) groups is 1. The van der Waals surface area contributed by atoms with E-state index >= 15 is 0 Å². The standard InChI is InChI=1S/C9H18O3S/c1-4-7(3)6-13(12)8(5-2)9(10)11/h7-8H,4-6H2,1-3H3,(H,10,11). The van der Waals surface area contributed by atoms with Crippen LogP contribution in [0, 0.1) is 5.92 Å². The van der Waals surface area contributed by atoms with Crippen LogP contribution in [0.15, 0.2) is 0 Å². The first-order chi connectivity index (χ1) is 6.02. The normalized spacial score (nSPS) is 17.8. The Morgan fingerprint density at radius 1 is 1.38 bits per heavy atom. The van der Waals surface area contributed by atoms with Crippen molar-refractivity contribution in [1.29, 1.82) is 0 Å². The van der Waals surface area contributed by atoms with Gasteiger partial charge in [0.05, 0.1) is 0 Å².